The zero-order chi connectivity index (χ0) is 8.85. The first-order chi connectivity index (χ1) is 5.17. The van der Waals surface area contributed by atoms with Crippen molar-refractivity contribution < 1.29 is 4.79 Å². The highest BCUT2D eigenvalue weighted by Gasteiger charge is 2.14. The van der Waals surface area contributed by atoms with Crippen LogP contribution in [0.4, 0.5) is 4.79 Å². The Balaban J connectivity index is 4.03. The zero-order valence-electron chi connectivity index (χ0n) is 7.85. The Morgan fingerprint density at radius 1 is 1.55 bits per heavy atom. The molecule has 0 aliphatic heterocycles. The first-order valence-electron chi connectivity index (χ1n) is 4.15. The number of nitrogens with zero attached hydrogens (tertiary/aromatic N) is 1. The highest BCUT2D eigenvalue weighted by Crippen LogP contribution is 2.02. The van der Waals surface area contributed by atoms with E-state index in [1.165, 1.54) is 0 Å². The number of carbonyl (C=O) groups excluding carboxylic acids is 1. The lowest BCUT2D eigenvalue weighted by Gasteiger charge is -2.26. The SMILES string of the molecule is CCC(C)N(CC)C(=O)NC. The Kier molecular flexibility index (Phi) is 4.66. The minimum absolute atomic E-state index is 0.0156. The van der Waals surface area contributed by atoms with Crippen LogP contribution < -0.4 is 5.32 Å². The number of rotatable bonds is 3. The van der Waals surface area contributed by atoms with Gasteiger partial charge >= 0.3 is 6.03 Å². The number of hydrogen-bond donors (Lipinski definition) is 1. The molecule has 0 aliphatic carbocycles. The molecule has 2 amide bonds. The van der Waals surface area contributed by atoms with Gasteiger partial charge in [0.05, 0.1) is 0 Å². The highest BCUT2D eigenvalue weighted by atomic mass is 16.2. The number of hydrogen-bond acceptors (Lipinski definition) is 1. The van der Waals surface area contributed by atoms with Gasteiger partial charge < -0.3 is 10.2 Å². The summed E-state index contributed by atoms with van der Waals surface area (Å²) in [6.45, 7) is 6.89. The van der Waals surface area contributed by atoms with Crippen molar-refractivity contribution >= 4 is 6.03 Å². The van der Waals surface area contributed by atoms with E-state index in [0.717, 1.165) is 13.0 Å². The largest absolute Gasteiger partial charge is 0.341 e. The van der Waals surface area contributed by atoms with Crippen LogP contribution in [0.5, 0.6) is 0 Å². The van der Waals surface area contributed by atoms with Crippen LogP contribution in [0.1, 0.15) is 27.2 Å². The fourth-order valence-corrected chi connectivity index (χ4v) is 1.02. The van der Waals surface area contributed by atoms with Gasteiger partial charge in [-0.25, -0.2) is 4.79 Å². The first-order valence-corrected chi connectivity index (χ1v) is 4.15. The molecule has 66 valence electrons. The van der Waals surface area contributed by atoms with Gasteiger partial charge in [0.1, 0.15) is 0 Å². The maximum Gasteiger partial charge on any atom is 0.317 e. The van der Waals surface area contributed by atoms with Crippen LogP contribution in [0.2, 0.25) is 0 Å². The van der Waals surface area contributed by atoms with Gasteiger partial charge in [-0.1, -0.05) is 6.92 Å². The molecule has 1 unspecified atom stereocenters. The summed E-state index contributed by atoms with van der Waals surface area (Å²) < 4.78 is 0. The molecule has 0 aromatic rings. The van der Waals surface area contributed by atoms with Crippen molar-refractivity contribution in [3.8, 4) is 0 Å². The summed E-state index contributed by atoms with van der Waals surface area (Å²) in [5, 5.41) is 2.62. The molecule has 0 heterocycles. The summed E-state index contributed by atoms with van der Waals surface area (Å²) in [5.41, 5.74) is 0. The Hall–Kier alpha value is -0.730. The van der Waals surface area contributed by atoms with Gasteiger partial charge in [-0.3, -0.25) is 0 Å². The van der Waals surface area contributed by atoms with Crippen molar-refractivity contribution in [2.24, 2.45) is 0 Å². The molecular formula is C8H18N2O. The van der Waals surface area contributed by atoms with E-state index in [9.17, 15) is 4.79 Å². The van der Waals surface area contributed by atoms with Crippen molar-refractivity contribution in [3.63, 3.8) is 0 Å². The standard InChI is InChI=1S/C8H18N2O/c1-5-7(3)10(6-2)8(11)9-4/h7H,5-6H2,1-4H3,(H,9,11). The molecule has 0 aromatic heterocycles. The molecule has 0 bridgehead atoms. The topological polar surface area (TPSA) is 32.3 Å². The maximum atomic E-state index is 11.2. The third-order valence-corrected chi connectivity index (χ3v) is 1.94. The van der Waals surface area contributed by atoms with Crippen LogP contribution >= 0.6 is 0 Å². The van der Waals surface area contributed by atoms with Crippen molar-refractivity contribution in [3.05, 3.63) is 0 Å². The van der Waals surface area contributed by atoms with E-state index in [1.54, 1.807) is 7.05 Å². The van der Waals surface area contributed by atoms with E-state index in [-0.39, 0.29) is 6.03 Å². The molecule has 3 heteroatoms. The monoisotopic (exact) mass is 158 g/mol. The van der Waals surface area contributed by atoms with Crippen molar-refractivity contribution in [2.75, 3.05) is 13.6 Å². The molecule has 0 spiro atoms. The van der Waals surface area contributed by atoms with Gasteiger partial charge in [0.15, 0.2) is 0 Å². The summed E-state index contributed by atoms with van der Waals surface area (Å²) in [4.78, 5) is 13.0. The third-order valence-electron chi connectivity index (χ3n) is 1.94. The van der Waals surface area contributed by atoms with Crippen LogP contribution in [0.15, 0.2) is 0 Å². The lowest BCUT2D eigenvalue weighted by atomic mass is 10.2. The molecule has 1 atom stereocenters. The second-order valence-corrected chi connectivity index (χ2v) is 2.60. The molecular weight excluding hydrogens is 140 g/mol. The summed E-state index contributed by atoms with van der Waals surface area (Å²) in [6, 6.07) is 0.349. The van der Waals surface area contributed by atoms with Gasteiger partial charge in [0.2, 0.25) is 0 Å². The predicted octanol–water partition coefficient (Wildman–Crippen LogP) is 1.45. The minimum Gasteiger partial charge on any atom is -0.341 e. The van der Waals surface area contributed by atoms with E-state index in [0.29, 0.717) is 6.04 Å². The molecule has 11 heavy (non-hydrogen) atoms. The van der Waals surface area contributed by atoms with Crippen LogP contribution in [0.3, 0.4) is 0 Å². The van der Waals surface area contributed by atoms with E-state index in [2.05, 4.69) is 19.2 Å². The quantitative estimate of drug-likeness (QED) is 0.662. The first kappa shape index (κ1) is 10.3. The summed E-state index contributed by atoms with van der Waals surface area (Å²) >= 11 is 0. The average Bonchev–Trinajstić information content (AvgIpc) is 2.05. The van der Waals surface area contributed by atoms with Gasteiger partial charge in [0.25, 0.3) is 0 Å². The Labute approximate surface area is 68.8 Å². The molecule has 0 saturated carbocycles. The fourth-order valence-electron chi connectivity index (χ4n) is 1.02. The second kappa shape index (κ2) is 4.99. The van der Waals surface area contributed by atoms with Gasteiger partial charge in [-0.05, 0) is 20.3 Å². The molecule has 0 rings (SSSR count). The molecule has 0 saturated heterocycles. The lowest BCUT2D eigenvalue weighted by Crippen LogP contribution is -2.43. The summed E-state index contributed by atoms with van der Waals surface area (Å²) in [7, 11) is 1.66. The molecule has 0 fully saturated rings. The number of urea groups is 1. The normalized spacial score (nSPS) is 12.4. The highest BCUT2D eigenvalue weighted by molar-refractivity contribution is 5.74. The van der Waals surface area contributed by atoms with E-state index in [4.69, 9.17) is 0 Å². The van der Waals surface area contributed by atoms with Gasteiger partial charge in [-0.15, -0.1) is 0 Å². The zero-order valence-corrected chi connectivity index (χ0v) is 7.85. The van der Waals surface area contributed by atoms with Crippen molar-refractivity contribution in [2.45, 2.75) is 33.2 Å². The third kappa shape index (κ3) is 2.78. The number of carbonyl (C=O) groups is 1. The molecule has 3 nitrogen and oxygen atoms in total. The summed E-state index contributed by atoms with van der Waals surface area (Å²) in [6.07, 6.45) is 1.00. The van der Waals surface area contributed by atoms with Crippen LogP contribution in [0.25, 0.3) is 0 Å². The Bertz CT molecular complexity index is 125. The molecule has 0 radical (unpaired) electrons. The van der Waals surface area contributed by atoms with Crippen LogP contribution in [0, 0.1) is 0 Å². The number of amides is 2. The van der Waals surface area contributed by atoms with Crippen molar-refractivity contribution in [1.82, 2.24) is 10.2 Å². The molecule has 1 N–H and O–H groups in total. The average molecular weight is 158 g/mol. The maximum absolute atomic E-state index is 11.2. The Morgan fingerprint density at radius 3 is 2.36 bits per heavy atom. The predicted molar refractivity (Wildman–Crippen MR) is 46.6 cm³/mol. The van der Waals surface area contributed by atoms with Crippen molar-refractivity contribution in [1.29, 1.82) is 0 Å². The smallest absolute Gasteiger partial charge is 0.317 e. The van der Waals surface area contributed by atoms with E-state index in [1.807, 2.05) is 11.8 Å². The summed E-state index contributed by atoms with van der Waals surface area (Å²) in [5.74, 6) is 0. The molecule has 0 aromatic carbocycles. The van der Waals surface area contributed by atoms with Gasteiger partial charge in [-0.2, -0.15) is 0 Å². The second-order valence-electron chi connectivity index (χ2n) is 2.60. The van der Waals surface area contributed by atoms with E-state index < -0.39 is 0 Å². The molecule has 0 aliphatic rings. The minimum atomic E-state index is 0.0156. The lowest BCUT2D eigenvalue weighted by molar-refractivity contribution is 0.183. The van der Waals surface area contributed by atoms with E-state index >= 15 is 0 Å². The fraction of sp³-hybridized carbons (Fsp3) is 0.875. The van der Waals surface area contributed by atoms with Crippen LogP contribution in [-0.2, 0) is 0 Å². The Morgan fingerprint density at radius 2 is 2.09 bits per heavy atom. The number of nitrogens with one attached hydrogen (secondary N) is 1. The van der Waals surface area contributed by atoms with Gasteiger partial charge in [0, 0.05) is 19.6 Å². The van der Waals surface area contributed by atoms with Crippen LogP contribution in [-0.4, -0.2) is 30.6 Å².